The second kappa shape index (κ2) is 7.72. The van der Waals surface area contributed by atoms with Crippen LogP contribution in [0, 0.1) is 5.82 Å². The van der Waals surface area contributed by atoms with E-state index >= 15 is 0 Å². The lowest BCUT2D eigenvalue weighted by Gasteiger charge is -2.02. The van der Waals surface area contributed by atoms with Crippen molar-refractivity contribution in [3.63, 3.8) is 0 Å². The summed E-state index contributed by atoms with van der Waals surface area (Å²) in [5.41, 5.74) is 4.34. The first-order valence-electron chi connectivity index (χ1n) is 7.47. The van der Waals surface area contributed by atoms with E-state index in [4.69, 9.17) is 11.6 Å². The highest BCUT2D eigenvalue weighted by atomic mass is 35.5. The third kappa shape index (κ3) is 4.74. The van der Waals surface area contributed by atoms with E-state index in [1.54, 1.807) is 41.2 Å². The Balaban J connectivity index is 1.58. The van der Waals surface area contributed by atoms with Crippen molar-refractivity contribution < 1.29 is 9.18 Å². The van der Waals surface area contributed by atoms with E-state index in [-0.39, 0.29) is 11.5 Å². The summed E-state index contributed by atoms with van der Waals surface area (Å²) in [6, 6.07) is 14.8. The molecule has 126 valence electrons. The van der Waals surface area contributed by atoms with Gasteiger partial charge in [0.05, 0.1) is 12.8 Å². The summed E-state index contributed by atoms with van der Waals surface area (Å²) in [5, 5.41) is 8.72. The van der Waals surface area contributed by atoms with Gasteiger partial charge in [0.1, 0.15) is 5.82 Å². The highest BCUT2D eigenvalue weighted by Gasteiger charge is 2.08. The SMILES string of the molecule is O=C(NN=Cc1ccc(F)cc1)c1ccn(Cc2ccc(Cl)cc2)n1. The number of carbonyl (C=O) groups excluding carboxylic acids is 1. The molecule has 25 heavy (non-hydrogen) atoms. The molecule has 3 aromatic rings. The second-order valence-electron chi connectivity index (χ2n) is 5.28. The largest absolute Gasteiger partial charge is 0.291 e. The number of amides is 1. The molecule has 2 aromatic carbocycles. The zero-order chi connectivity index (χ0) is 17.6. The summed E-state index contributed by atoms with van der Waals surface area (Å²) in [6.07, 6.45) is 3.15. The van der Waals surface area contributed by atoms with Gasteiger partial charge < -0.3 is 0 Å². The quantitative estimate of drug-likeness (QED) is 0.562. The van der Waals surface area contributed by atoms with Crippen molar-refractivity contribution in [1.29, 1.82) is 0 Å². The van der Waals surface area contributed by atoms with Gasteiger partial charge in [-0.25, -0.2) is 9.82 Å². The zero-order valence-corrected chi connectivity index (χ0v) is 13.8. The van der Waals surface area contributed by atoms with Crippen LogP contribution < -0.4 is 5.43 Å². The van der Waals surface area contributed by atoms with Gasteiger partial charge >= 0.3 is 0 Å². The minimum absolute atomic E-state index is 0.255. The Hall–Kier alpha value is -2.99. The molecule has 5 nitrogen and oxygen atoms in total. The van der Waals surface area contributed by atoms with Crippen LogP contribution in [0.15, 0.2) is 65.9 Å². The third-order valence-corrected chi connectivity index (χ3v) is 3.63. The fraction of sp³-hybridized carbons (Fsp3) is 0.0556. The van der Waals surface area contributed by atoms with Crippen LogP contribution in [0.25, 0.3) is 0 Å². The number of nitrogens with one attached hydrogen (secondary N) is 1. The smallest absolute Gasteiger partial charge is 0.268 e. The van der Waals surface area contributed by atoms with Gasteiger partial charge in [0, 0.05) is 11.2 Å². The van der Waals surface area contributed by atoms with E-state index < -0.39 is 5.91 Å². The van der Waals surface area contributed by atoms with Gasteiger partial charge in [-0.3, -0.25) is 9.48 Å². The molecule has 0 unspecified atom stereocenters. The fourth-order valence-corrected chi connectivity index (χ4v) is 2.25. The van der Waals surface area contributed by atoms with Gasteiger partial charge in [0.25, 0.3) is 5.91 Å². The van der Waals surface area contributed by atoms with Crippen LogP contribution in [0.5, 0.6) is 0 Å². The van der Waals surface area contributed by atoms with Crippen LogP contribution in [-0.2, 0) is 6.54 Å². The highest BCUT2D eigenvalue weighted by Crippen LogP contribution is 2.10. The molecule has 1 heterocycles. The van der Waals surface area contributed by atoms with Crippen LogP contribution in [0.1, 0.15) is 21.6 Å². The van der Waals surface area contributed by atoms with Gasteiger partial charge in [-0.05, 0) is 41.5 Å². The van der Waals surface area contributed by atoms with Crippen LogP contribution >= 0.6 is 11.6 Å². The molecule has 1 amide bonds. The summed E-state index contributed by atoms with van der Waals surface area (Å²) in [6.45, 7) is 0.531. The molecule has 3 rings (SSSR count). The average molecular weight is 357 g/mol. The molecule has 0 aliphatic carbocycles. The molecule has 0 saturated carbocycles. The number of hydrazone groups is 1. The Morgan fingerprint density at radius 2 is 1.88 bits per heavy atom. The van der Waals surface area contributed by atoms with Crippen molar-refractivity contribution in [2.75, 3.05) is 0 Å². The molecule has 0 aliphatic rings. The molecular formula is C18H14ClFN4O. The Labute approximate surface area is 148 Å². The molecular weight excluding hydrogens is 343 g/mol. The van der Waals surface area contributed by atoms with Gasteiger partial charge in [0.2, 0.25) is 0 Å². The molecule has 0 saturated heterocycles. The Morgan fingerprint density at radius 3 is 2.60 bits per heavy atom. The number of aromatic nitrogens is 2. The minimum Gasteiger partial charge on any atom is -0.268 e. The molecule has 0 radical (unpaired) electrons. The summed E-state index contributed by atoms with van der Waals surface area (Å²) < 4.78 is 14.5. The lowest BCUT2D eigenvalue weighted by Crippen LogP contribution is -2.18. The van der Waals surface area contributed by atoms with Crippen molar-refractivity contribution >= 4 is 23.7 Å². The first kappa shape index (κ1) is 16.9. The third-order valence-electron chi connectivity index (χ3n) is 3.38. The number of halogens is 2. The molecule has 0 atom stereocenters. The normalized spacial score (nSPS) is 11.0. The Morgan fingerprint density at radius 1 is 1.16 bits per heavy atom. The number of nitrogens with zero attached hydrogens (tertiary/aromatic N) is 3. The van der Waals surface area contributed by atoms with Crippen molar-refractivity contribution in [3.05, 3.63) is 88.5 Å². The number of hydrogen-bond donors (Lipinski definition) is 1. The van der Waals surface area contributed by atoms with E-state index in [2.05, 4.69) is 15.6 Å². The summed E-state index contributed by atoms with van der Waals surface area (Å²) in [4.78, 5) is 12.0. The van der Waals surface area contributed by atoms with E-state index in [0.29, 0.717) is 17.1 Å². The van der Waals surface area contributed by atoms with Crippen molar-refractivity contribution in [2.24, 2.45) is 5.10 Å². The number of hydrogen-bond acceptors (Lipinski definition) is 3. The predicted octanol–water partition coefficient (Wildman–Crippen LogP) is 3.49. The Bertz CT molecular complexity index is 888. The van der Waals surface area contributed by atoms with E-state index in [1.807, 2.05) is 12.1 Å². The average Bonchev–Trinajstić information content (AvgIpc) is 3.07. The van der Waals surface area contributed by atoms with Crippen LogP contribution in [-0.4, -0.2) is 21.9 Å². The first-order valence-corrected chi connectivity index (χ1v) is 7.85. The number of carbonyl (C=O) groups is 1. The molecule has 0 fully saturated rings. The van der Waals surface area contributed by atoms with E-state index in [9.17, 15) is 9.18 Å². The lowest BCUT2D eigenvalue weighted by molar-refractivity contribution is 0.0949. The van der Waals surface area contributed by atoms with Crippen LogP contribution in [0.2, 0.25) is 5.02 Å². The zero-order valence-electron chi connectivity index (χ0n) is 13.1. The Kier molecular flexibility index (Phi) is 5.20. The first-order chi connectivity index (χ1) is 12.1. The number of benzene rings is 2. The van der Waals surface area contributed by atoms with Crippen molar-refractivity contribution in [1.82, 2.24) is 15.2 Å². The topological polar surface area (TPSA) is 59.3 Å². The molecule has 0 aliphatic heterocycles. The second-order valence-corrected chi connectivity index (χ2v) is 5.71. The molecule has 0 spiro atoms. The fourth-order valence-electron chi connectivity index (χ4n) is 2.12. The minimum atomic E-state index is -0.423. The van der Waals surface area contributed by atoms with Crippen molar-refractivity contribution in [3.8, 4) is 0 Å². The van der Waals surface area contributed by atoms with Gasteiger partial charge in [-0.15, -0.1) is 0 Å². The monoisotopic (exact) mass is 356 g/mol. The highest BCUT2D eigenvalue weighted by molar-refractivity contribution is 6.30. The van der Waals surface area contributed by atoms with E-state index in [0.717, 1.165) is 5.56 Å². The maximum Gasteiger partial charge on any atom is 0.291 e. The number of rotatable bonds is 5. The van der Waals surface area contributed by atoms with Crippen molar-refractivity contribution in [2.45, 2.75) is 6.54 Å². The van der Waals surface area contributed by atoms with Gasteiger partial charge in [-0.1, -0.05) is 35.9 Å². The summed E-state index contributed by atoms with van der Waals surface area (Å²) >= 11 is 5.85. The van der Waals surface area contributed by atoms with Gasteiger partial charge in [-0.2, -0.15) is 10.2 Å². The maximum absolute atomic E-state index is 12.8. The molecule has 1 aromatic heterocycles. The summed E-state index contributed by atoms with van der Waals surface area (Å²) in [5.74, 6) is -0.749. The van der Waals surface area contributed by atoms with Crippen LogP contribution in [0.4, 0.5) is 4.39 Å². The summed E-state index contributed by atoms with van der Waals surface area (Å²) in [7, 11) is 0. The predicted molar refractivity (Wildman–Crippen MR) is 94.2 cm³/mol. The molecule has 7 heteroatoms. The van der Waals surface area contributed by atoms with Crippen LogP contribution in [0.3, 0.4) is 0 Å². The standard InChI is InChI=1S/C18H14ClFN4O/c19-15-5-1-14(2-6-15)12-24-10-9-17(23-24)18(25)22-21-11-13-3-7-16(20)8-4-13/h1-11H,12H2,(H,22,25). The molecule has 0 bridgehead atoms. The maximum atomic E-state index is 12.8. The van der Waals surface area contributed by atoms with E-state index in [1.165, 1.54) is 18.3 Å². The van der Waals surface area contributed by atoms with Gasteiger partial charge in [0.15, 0.2) is 5.69 Å². The lowest BCUT2D eigenvalue weighted by atomic mass is 10.2. The molecule has 1 N–H and O–H groups in total.